The highest BCUT2D eigenvalue weighted by Gasteiger charge is 2.35. The van der Waals surface area contributed by atoms with Gasteiger partial charge in [0, 0.05) is 10.9 Å². The second-order valence-electron chi connectivity index (χ2n) is 4.25. The first-order chi connectivity index (χ1) is 9.40. The van der Waals surface area contributed by atoms with E-state index in [9.17, 15) is 22.4 Å². The van der Waals surface area contributed by atoms with Crippen LogP contribution in [-0.4, -0.2) is 24.8 Å². The van der Waals surface area contributed by atoms with Crippen molar-refractivity contribution in [3.63, 3.8) is 0 Å². The Morgan fingerprint density at radius 3 is 2.70 bits per heavy atom. The Morgan fingerprint density at radius 2 is 2.05 bits per heavy atom. The van der Waals surface area contributed by atoms with Crippen LogP contribution in [0, 0.1) is 0 Å². The first kappa shape index (κ1) is 14.5. The molecular formula is C13H11F4NO2. The van der Waals surface area contributed by atoms with Crippen LogP contribution >= 0.6 is 0 Å². The normalized spacial score (nSPS) is 13.6. The zero-order valence-electron chi connectivity index (χ0n) is 10.2. The molecule has 0 aliphatic carbocycles. The third-order valence-corrected chi connectivity index (χ3v) is 2.82. The Hall–Kier alpha value is -1.89. The molecule has 0 saturated carbocycles. The van der Waals surface area contributed by atoms with Crippen LogP contribution in [-0.2, 0) is 0 Å². The van der Waals surface area contributed by atoms with E-state index in [1.54, 1.807) is 12.1 Å². The topological polar surface area (TPSA) is 42.2 Å². The minimum absolute atomic E-state index is 0.0441. The van der Waals surface area contributed by atoms with Crippen LogP contribution in [0.4, 0.5) is 17.6 Å². The van der Waals surface area contributed by atoms with Gasteiger partial charge in [0.15, 0.2) is 5.78 Å². The summed E-state index contributed by atoms with van der Waals surface area (Å²) in [7, 11) is 0. The Labute approximate surface area is 111 Å². The molecule has 0 aliphatic rings. The van der Waals surface area contributed by atoms with E-state index < -0.39 is 31.2 Å². The monoisotopic (exact) mass is 289 g/mol. The van der Waals surface area contributed by atoms with Crippen molar-refractivity contribution < 1.29 is 26.8 Å². The maximum atomic E-state index is 12.4. The molecular weight excluding hydrogens is 278 g/mol. The molecule has 1 unspecified atom stereocenters. The smallest absolute Gasteiger partial charge is 0.391 e. The predicted molar refractivity (Wildman–Crippen MR) is 64.1 cm³/mol. The number of ketones is 1. The number of alkyl halides is 4. The number of hydrogen-bond donors (Lipinski definition) is 1. The number of carbonyl (C=O) groups is 1. The fourth-order valence-corrected chi connectivity index (χ4v) is 1.89. The van der Waals surface area contributed by atoms with Gasteiger partial charge in [0.25, 0.3) is 0 Å². The van der Waals surface area contributed by atoms with Crippen LogP contribution in [0.2, 0.25) is 0 Å². The number of nitrogens with one attached hydrogen (secondary N) is 1. The lowest BCUT2D eigenvalue weighted by Gasteiger charge is -2.17. The number of benzene rings is 1. The van der Waals surface area contributed by atoms with Crippen molar-refractivity contribution in [1.29, 1.82) is 0 Å². The molecule has 1 atom stereocenters. The summed E-state index contributed by atoms with van der Waals surface area (Å²) in [5.41, 5.74) is 0.435. The van der Waals surface area contributed by atoms with Crippen LogP contribution < -0.4 is 5.32 Å². The molecule has 0 saturated heterocycles. The Balaban J connectivity index is 2.25. The van der Waals surface area contributed by atoms with Crippen molar-refractivity contribution in [3.8, 4) is 0 Å². The Morgan fingerprint density at radius 1 is 1.30 bits per heavy atom. The van der Waals surface area contributed by atoms with Crippen LogP contribution in [0.1, 0.15) is 16.8 Å². The van der Waals surface area contributed by atoms with E-state index in [0.717, 1.165) is 5.39 Å². The van der Waals surface area contributed by atoms with Crippen molar-refractivity contribution >= 4 is 16.8 Å². The van der Waals surface area contributed by atoms with Crippen LogP contribution in [0.25, 0.3) is 11.0 Å². The van der Waals surface area contributed by atoms with Gasteiger partial charge in [-0.3, -0.25) is 10.1 Å². The van der Waals surface area contributed by atoms with Crippen LogP contribution in [0.5, 0.6) is 0 Å². The molecule has 0 radical (unpaired) electrons. The van der Waals surface area contributed by atoms with Crippen LogP contribution in [0.15, 0.2) is 34.9 Å². The van der Waals surface area contributed by atoms with Gasteiger partial charge in [-0.1, -0.05) is 12.1 Å². The standard InChI is InChI=1S/C13H11F4NO2/c14-7-18-10(6-13(15,16)17)12(19)9-2-1-8-3-4-20-11(8)5-9/h1-5,10,18H,6-7H2. The molecule has 0 fully saturated rings. The molecule has 108 valence electrons. The molecule has 7 heteroatoms. The van der Waals surface area contributed by atoms with Gasteiger partial charge in [-0.2, -0.15) is 13.2 Å². The summed E-state index contributed by atoms with van der Waals surface area (Å²) >= 11 is 0. The lowest BCUT2D eigenvalue weighted by atomic mass is 10.0. The average molecular weight is 289 g/mol. The van der Waals surface area contributed by atoms with E-state index in [2.05, 4.69) is 0 Å². The minimum Gasteiger partial charge on any atom is -0.464 e. The third-order valence-electron chi connectivity index (χ3n) is 2.82. The first-order valence-corrected chi connectivity index (χ1v) is 5.78. The van der Waals surface area contributed by atoms with Crippen molar-refractivity contribution in [2.75, 3.05) is 6.80 Å². The predicted octanol–water partition coefficient (Wildman–Crippen LogP) is 3.45. The molecule has 20 heavy (non-hydrogen) atoms. The maximum Gasteiger partial charge on any atom is 0.391 e. The van der Waals surface area contributed by atoms with E-state index in [0.29, 0.717) is 5.58 Å². The first-order valence-electron chi connectivity index (χ1n) is 5.78. The van der Waals surface area contributed by atoms with Crippen molar-refractivity contribution in [2.24, 2.45) is 0 Å². The SMILES string of the molecule is O=C(c1ccc2ccoc2c1)C(CC(F)(F)F)NCF. The zero-order chi connectivity index (χ0) is 14.8. The van der Waals surface area contributed by atoms with Gasteiger partial charge in [-0.05, 0) is 12.1 Å². The number of hydrogen-bond acceptors (Lipinski definition) is 3. The summed E-state index contributed by atoms with van der Waals surface area (Å²) < 4.78 is 54.5. The largest absolute Gasteiger partial charge is 0.464 e. The van der Waals surface area contributed by atoms with E-state index in [-0.39, 0.29) is 5.56 Å². The van der Waals surface area contributed by atoms with E-state index in [4.69, 9.17) is 4.42 Å². The third kappa shape index (κ3) is 3.36. The van der Waals surface area contributed by atoms with Crippen molar-refractivity contribution in [2.45, 2.75) is 18.6 Å². The lowest BCUT2D eigenvalue weighted by molar-refractivity contribution is -0.137. The van der Waals surface area contributed by atoms with Gasteiger partial charge in [0.05, 0.1) is 18.7 Å². The molecule has 0 bridgehead atoms. The average Bonchev–Trinajstić information content (AvgIpc) is 2.83. The Kier molecular flexibility index (Phi) is 4.08. The summed E-state index contributed by atoms with van der Waals surface area (Å²) in [4.78, 5) is 12.0. The highest BCUT2D eigenvalue weighted by molar-refractivity contribution is 6.02. The molecule has 3 nitrogen and oxygen atoms in total. The van der Waals surface area contributed by atoms with Crippen molar-refractivity contribution in [3.05, 3.63) is 36.1 Å². The van der Waals surface area contributed by atoms with Gasteiger partial charge >= 0.3 is 6.18 Å². The molecule has 1 aromatic heterocycles. The molecule has 1 heterocycles. The quantitative estimate of drug-likeness (QED) is 0.521. The van der Waals surface area contributed by atoms with Crippen molar-refractivity contribution in [1.82, 2.24) is 5.32 Å². The van der Waals surface area contributed by atoms with E-state index in [1.807, 2.05) is 5.32 Å². The number of fused-ring (bicyclic) bond motifs is 1. The zero-order valence-corrected chi connectivity index (χ0v) is 10.2. The molecule has 1 N–H and O–H groups in total. The highest BCUT2D eigenvalue weighted by atomic mass is 19.4. The summed E-state index contributed by atoms with van der Waals surface area (Å²) in [6.45, 7) is -1.21. The Bertz CT molecular complexity index is 606. The van der Waals surface area contributed by atoms with E-state index >= 15 is 0 Å². The molecule has 2 rings (SSSR count). The molecule has 0 spiro atoms. The number of furan rings is 1. The summed E-state index contributed by atoms with van der Waals surface area (Å²) in [6.07, 6.45) is -4.57. The number of halogens is 4. The number of Topliss-reactive ketones (excluding diaryl/α,β-unsaturated/α-hetero) is 1. The van der Waals surface area contributed by atoms with Gasteiger partial charge < -0.3 is 4.42 Å². The fraction of sp³-hybridized carbons (Fsp3) is 0.308. The highest BCUT2D eigenvalue weighted by Crippen LogP contribution is 2.24. The molecule has 1 aromatic carbocycles. The van der Waals surface area contributed by atoms with Gasteiger partial charge in [0.2, 0.25) is 0 Å². The molecule has 0 aliphatic heterocycles. The summed E-state index contributed by atoms with van der Waals surface area (Å²) in [5, 5.41) is 2.64. The molecule has 0 amide bonds. The summed E-state index contributed by atoms with van der Waals surface area (Å²) in [5.74, 6) is -0.821. The van der Waals surface area contributed by atoms with Crippen LogP contribution in [0.3, 0.4) is 0 Å². The lowest BCUT2D eigenvalue weighted by Crippen LogP contribution is -2.40. The molecule has 2 aromatic rings. The maximum absolute atomic E-state index is 12.4. The van der Waals surface area contributed by atoms with Gasteiger partial charge in [0.1, 0.15) is 12.4 Å². The minimum atomic E-state index is -4.56. The fourth-order valence-electron chi connectivity index (χ4n) is 1.89. The van der Waals surface area contributed by atoms with Gasteiger partial charge in [-0.15, -0.1) is 0 Å². The van der Waals surface area contributed by atoms with E-state index in [1.165, 1.54) is 18.4 Å². The van der Waals surface area contributed by atoms with Gasteiger partial charge in [-0.25, -0.2) is 4.39 Å². The second-order valence-corrected chi connectivity index (χ2v) is 4.25. The second kappa shape index (κ2) is 5.62. The number of carbonyl (C=O) groups excluding carboxylic acids is 1. The summed E-state index contributed by atoms with van der Waals surface area (Å²) in [6, 6.07) is 4.32. The number of rotatable bonds is 5.